The average Bonchev–Trinajstić information content (AvgIpc) is 2.61. The fourth-order valence-corrected chi connectivity index (χ4v) is 2.84. The van der Waals surface area contributed by atoms with Crippen molar-refractivity contribution in [3.05, 3.63) is 35.6 Å². The van der Waals surface area contributed by atoms with Crippen LogP contribution < -0.4 is 5.32 Å². The topological polar surface area (TPSA) is 38.1 Å². The highest BCUT2D eigenvalue weighted by Gasteiger charge is 2.20. The number of aryl methyl sites for hydroxylation is 1. The Bertz CT molecular complexity index is 521. The summed E-state index contributed by atoms with van der Waals surface area (Å²) in [6.45, 7) is 2.88. The van der Waals surface area contributed by atoms with Gasteiger partial charge in [-0.05, 0) is 12.1 Å². The first-order chi connectivity index (χ1) is 7.88. The van der Waals surface area contributed by atoms with Gasteiger partial charge in [0.2, 0.25) is 0 Å². The largest absolute Gasteiger partial charge is 0.380 e. The molecule has 1 aliphatic heterocycles. The molecule has 0 fully saturated rings. The Morgan fingerprint density at radius 1 is 1.44 bits per heavy atom. The molecule has 1 N–H and O–H groups in total. The second kappa shape index (κ2) is 3.87. The third-order valence-electron chi connectivity index (χ3n) is 2.70. The molecule has 0 unspecified atom stereocenters. The molecule has 0 amide bonds. The molecule has 1 aromatic heterocycles. The van der Waals surface area contributed by atoms with Crippen molar-refractivity contribution in [3.63, 3.8) is 0 Å². The van der Waals surface area contributed by atoms with Crippen LogP contribution in [0.25, 0.3) is 0 Å². The normalized spacial score (nSPS) is 13.6. The SMILES string of the molecule is CCc1onc2c1CNc1ccccc1S2. The van der Waals surface area contributed by atoms with Crippen molar-refractivity contribution >= 4 is 17.4 Å². The van der Waals surface area contributed by atoms with Crippen LogP contribution in [0.4, 0.5) is 5.69 Å². The van der Waals surface area contributed by atoms with E-state index in [1.165, 1.54) is 16.1 Å². The Kier molecular flexibility index (Phi) is 2.36. The van der Waals surface area contributed by atoms with E-state index in [1.807, 2.05) is 12.1 Å². The van der Waals surface area contributed by atoms with Crippen molar-refractivity contribution in [1.29, 1.82) is 0 Å². The number of rotatable bonds is 1. The summed E-state index contributed by atoms with van der Waals surface area (Å²) in [4.78, 5) is 1.21. The number of aromatic nitrogens is 1. The van der Waals surface area contributed by atoms with Crippen molar-refractivity contribution < 1.29 is 4.52 Å². The minimum atomic E-state index is 0.798. The molecule has 2 heterocycles. The smallest absolute Gasteiger partial charge is 0.149 e. The first kappa shape index (κ1) is 9.78. The molecule has 0 atom stereocenters. The molecule has 1 aliphatic rings. The van der Waals surface area contributed by atoms with Gasteiger partial charge in [0, 0.05) is 29.1 Å². The minimum Gasteiger partial charge on any atom is -0.380 e. The molecule has 0 radical (unpaired) electrons. The molecule has 0 aliphatic carbocycles. The van der Waals surface area contributed by atoms with Gasteiger partial charge >= 0.3 is 0 Å². The van der Waals surface area contributed by atoms with E-state index in [2.05, 4.69) is 29.5 Å². The number of anilines is 1. The highest BCUT2D eigenvalue weighted by Crippen LogP contribution is 2.38. The van der Waals surface area contributed by atoms with Gasteiger partial charge in [0.15, 0.2) is 0 Å². The maximum absolute atomic E-state index is 5.33. The number of fused-ring (bicyclic) bond motifs is 2. The number of para-hydroxylation sites is 1. The third kappa shape index (κ3) is 1.50. The first-order valence-corrected chi connectivity index (χ1v) is 6.18. The van der Waals surface area contributed by atoms with Crippen LogP contribution in [-0.4, -0.2) is 5.16 Å². The lowest BCUT2D eigenvalue weighted by atomic mass is 10.2. The Labute approximate surface area is 98.2 Å². The fraction of sp³-hybridized carbons (Fsp3) is 0.250. The molecule has 0 bridgehead atoms. The molecular weight excluding hydrogens is 220 g/mol. The lowest BCUT2D eigenvalue weighted by molar-refractivity contribution is 0.373. The number of benzene rings is 1. The average molecular weight is 232 g/mol. The second-order valence-corrected chi connectivity index (χ2v) is 4.73. The molecule has 4 heteroatoms. The summed E-state index contributed by atoms with van der Waals surface area (Å²) in [5.41, 5.74) is 2.37. The summed E-state index contributed by atoms with van der Waals surface area (Å²) in [5.74, 6) is 0.989. The van der Waals surface area contributed by atoms with E-state index in [1.54, 1.807) is 11.8 Å². The standard InChI is InChI=1S/C12H12N2OS/c1-2-10-8-7-13-9-5-3-4-6-11(9)16-12(8)14-15-10/h3-6,13H,2,7H2,1H3. The predicted molar refractivity (Wildman–Crippen MR) is 63.8 cm³/mol. The van der Waals surface area contributed by atoms with Gasteiger partial charge in [0.25, 0.3) is 0 Å². The summed E-state index contributed by atoms with van der Waals surface area (Å²) in [7, 11) is 0. The molecule has 82 valence electrons. The van der Waals surface area contributed by atoms with E-state index in [0.29, 0.717) is 0 Å². The zero-order chi connectivity index (χ0) is 11.0. The number of nitrogens with zero attached hydrogens (tertiary/aromatic N) is 1. The number of nitrogens with one attached hydrogen (secondary N) is 1. The molecule has 3 rings (SSSR count). The highest BCUT2D eigenvalue weighted by molar-refractivity contribution is 7.99. The number of hydrogen-bond acceptors (Lipinski definition) is 4. The van der Waals surface area contributed by atoms with E-state index in [9.17, 15) is 0 Å². The third-order valence-corrected chi connectivity index (χ3v) is 3.79. The Balaban J connectivity index is 2.05. The van der Waals surface area contributed by atoms with Crippen LogP contribution >= 0.6 is 11.8 Å². The molecule has 0 saturated heterocycles. The van der Waals surface area contributed by atoms with E-state index < -0.39 is 0 Å². The lowest BCUT2D eigenvalue weighted by Crippen LogP contribution is -1.99. The fourth-order valence-electron chi connectivity index (χ4n) is 1.85. The van der Waals surface area contributed by atoms with Gasteiger partial charge in [-0.3, -0.25) is 0 Å². The van der Waals surface area contributed by atoms with Crippen molar-refractivity contribution in [2.24, 2.45) is 0 Å². The molecular formula is C12H12N2OS. The minimum absolute atomic E-state index is 0.798. The summed E-state index contributed by atoms with van der Waals surface area (Å²) in [5, 5.41) is 8.55. The monoisotopic (exact) mass is 232 g/mol. The Morgan fingerprint density at radius 3 is 3.19 bits per heavy atom. The van der Waals surface area contributed by atoms with E-state index in [0.717, 1.165) is 23.8 Å². The maximum Gasteiger partial charge on any atom is 0.149 e. The van der Waals surface area contributed by atoms with E-state index >= 15 is 0 Å². The first-order valence-electron chi connectivity index (χ1n) is 5.36. The van der Waals surface area contributed by atoms with Crippen LogP contribution in [0.5, 0.6) is 0 Å². The molecule has 16 heavy (non-hydrogen) atoms. The van der Waals surface area contributed by atoms with Gasteiger partial charge in [-0.15, -0.1) is 0 Å². The zero-order valence-corrected chi connectivity index (χ0v) is 9.80. The summed E-state index contributed by atoms with van der Waals surface area (Å²) in [6, 6.07) is 8.28. The van der Waals surface area contributed by atoms with E-state index in [-0.39, 0.29) is 0 Å². The summed E-state index contributed by atoms with van der Waals surface area (Å²) >= 11 is 1.67. The summed E-state index contributed by atoms with van der Waals surface area (Å²) < 4.78 is 5.33. The van der Waals surface area contributed by atoms with Crippen LogP contribution in [0.15, 0.2) is 38.7 Å². The van der Waals surface area contributed by atoms with Crippen molar-refractivity contribution in [1.82, 2.24) is 5.16 Å². The molecule has 2 aromatic rings. The van der Waals surface area contributed by atoms with Gasteiger partial charge in [-0.2, -0.15) is 0 Å². The van der Waals surface area contributed by atoms with Crippen molar-refractivity contribution in [2.75, 3.05) is 5.32 Å². The van der Waals surface area contributed by atoms with Crippen molar-refractivity contribution in [3.8, 4) is 0 Å². The highest BCUT2D eigenvalue weighted by atomic mass is 32.2. The lowest BCUT2D eigenvalue weighted by Gasteiger charge is -2.05. The van der Waals surface area contributed by atoms with Crippen LogP contribution in [0.3, 0.4) is 0 Å². The van der Waals surface area contributed by atoms with Gasteiger partial charge in [0.05, 0.1) is 0 Å². The summed E-state index contributed by atoms with van der Waals surface area (Å²) in [6.07, 6.45) is 0.890. The van der Waals surface area contributed by atoms with Crippen LogP contribution in [0.1, 0.15) is 18.2 Å². The number of hydrogen-bond donors (Lipinski definition) is 1. The molecule has 0 saturated carbocycles. The molecule has 1 aromatic carbocycles. The maximum atomic E-state index is 5.33. The quantitative estimate of drug-likeness (QED) is 0.818. The molecule has 3 nitrogen and oxygen atoms in total. The second-order valence-electron chi connectivity index (χ2n) is 3.69. The molecule has 0 spiro atoms. The van der Waals surface area contributed by atoms with Crippen LogP contribution in [0.2, 0.25) is 0 Å². The van der Waals surface area contributed by atoms with Gasteiger partial charge < -0.3 is 9.84 Å². The zero-order valence-electron chi connectivity index (χ0n) is 8.99. The van der Waals surface area contributed by atoms with Gasteiger partial charge in [-0.1, -0.05) is 36.0 Å². The van der Waals surface area contributed by atoms with Gasteiger partial charge in [-0.25, -0.2) is 0 Å². The van der Waals surface area contributed by atoms with Crippen LogP contribution in [0, 0.1) is 0 Å². The van der Waals surface area contributed by atoms with Crippen molar-refractivity contribution in [2.45, 2.75) is 29.8 Å². The Morgan fingerprint density at radius 2 is 2.31 bits per heavy atom. The van der Waals surface area contributed by atoms with E-state index in [4.69, 9.17) is 4.52 Å². The van der Waals surface area contributed by atoms with Crippen LogP contribution in [-0.2, 0) is 13.0 Å². The Hall–Kier alpha value is -1.42. The predicted octanol–water partition coefficient (Wildman–Crippen LogP) is 3.31. The van der Waals surface area contributed by atoms with Gasteiger partial charge in [0.1, 0.15) is 10.8 Å².